The van der Waals surface area contributed by atoms with Gasteiger partial charge in [-0.25, -0.2) is 0 Å². The van der Waals surface area contributed by atoms with Gasteiger partial charge in [-0.1, -0.05) is 48.0 Å². The SMILES string of the molecule is Cc1ccc(NC(=O)C2C(=O)CC(C)(O)CC2c2ccccc2)c(C)c1. The zero-order chi connectivity index (χ0) is 18.9. The fourth-order valence-electron chi connectivity index (χ4n) is 3.88. The molecule has 1 saturated carbocycles. The topological polar surface area (TPSA) is 66.4 Å². The van der Waals surface area contributed by atoms with Gasteiger partial charge < -0.3 is 10.4 Å². The van der Waals surface area contributed by atoms with Crippen molar-refractivity contribution in [2.75, 3.05) is 5.32 Å². The minimum atomic E-state index is -1.09. The van der Waals surface area contributed by atoms with Crippen LogP contribution in [0.5, 0.6) is 0 Å². The molecule has 0 saturated heterocycles. The first kappa shape index (κ1) is 18.3. The van der Waals surface area contributed by atoms with Gasteiger partial charge in [0.2, 0.25) is 5.91 Å². The maximum atomic E-state index is 13.0. The molecule has 2 N–H and O–H groups in total. The van der Waals surface area contributed by atoms with Crippen molar-refractivity contribution >= 4 is 17.4 Å². The molecule has 3 unspecified atom stereocenters. The Morgan fingerprint density at radius 1 is 1.15 bits per heavy atom. The third kappa shape index (κ3) is 3.86. The van der Waals surface area contributed by atoms with E-state index >= 15 is 0 Å². The Hall–Kier alpha value is -2.46. The minimum absolute atomic E-state index is 0.00129. The zero-order valence-corrected chi connectivity index (χ0v) is 15.5. The van der Waals surface area contributed by atoms with Crippen LogP contribution >= 0.6 is 0 Å². The summed E-state index contributed by atoms with van der Waals surface area (Å²) in [5.74, 6) is -1.64. The number of carbonyl (C=O) groups is 2. The molecule has 0 heterocycles. The van der Waals surface area contributed by atoms with Gasteiger partial charge in [0, 0.05) is 18.0 Å². The Labute approximate surface area is 154 Å². The Kier molecular flexibility index (Phi) is 4.97. The molecule has 0 aliphatic heterocycles. The van der Waals surface area contributed by atoms with Crippen molar-refractivity contribution in [1.82, 2.24) is 0 Å². The van der Waals surface area contributed by atoms with Gasteiger partial charge >= 0.3 is 0 Å². The molecule has 4 heteroatoms. The lowest BCUT2D eigenvalue weighted by Gasteiger charge is -2.38. The van der Waals surface area contributed by atoms with Crippen molar-refractivity contribution in [3.63, 3.8) is 0 Å². The molecule has 0 aromatic heterocycles. The van der Waals surface area contributed by atoms with Crippen molar-refractivity contribution in [3.8, 4) is 0 Å². The van der Waals surface area contributed by atoms with Crippen LogP contribution in [0.2, 0.25) is 0 Å². The summed E-state index contributed by atoms with van der Waals surface area (Å²) in [6.07, 6.45) is 0.384. The van der Waals surface area contributed by atoms with Crippen molar-refractivity contribution in [3.05, 3.63) is 65.2 Å². The number of anilines is 1. The number of amides is 1. The van der Waals surface area contributed by atoms with E-state index in [0.29, 0.717) is 6.42 Å². The lowest BCUT2D eigenvalue weighted by atomic mass is 9.68. The lowest BCUT2D eigenvalue weighted by molar-refractivity contribution is -0.140. The van der Waals surface area contributed by atoms with Gasteiger partial charge in [0.05, 0.1) is 5.60 Å². The molecule has 136 valence electrons. The van der Waals surface area contributed by atoms with E-state index in [2.05, 4.69) is 5.32 Å². The van der Waals surface area contributed by atoms with E-state index in [9.17, 15) is 14.7 Å². The third-order valence-corrected chi connectivity index (χ3v) is 5.11. The minimum Gasteiger partial charge on any atom is -0.390 e. The summed E-state index contributed by atoms with van der Waals surface area (Å²) in [7, 11) is 0. The molecule has 0 bridgehead atoms. The summed E-state index contributed by atoms with van der Waals surface area (Å²) in [4.78, 5) is 25.7. The van der Waals surface area contributed by atoms with E-state index in [0.717, 1.165) is 22.4 Å². The Morgan fingerprint density at radius 3 is 2.50 bits per heavy atom. The smallest absolute Gasteiger partial charge is 0.235 e. The van der Waals surface area contributed by atoms with Crippen molar-refractivity contribution < 1.29 is 14.7 Å². The summed E-state index contributed by atoms with van der Waals surface area (Å²) < 4.78 is 0. The average molecular weight is 351 g/mol. The van der Waals surface area contributed by atoms with E-state index in [4.69, 9.17) is 0 Å². The molecule has 3 atom stereocenters. The summed E-state index contributed by atoms with van der Waals surface area (Å²) in [6, 6.07) is 15.3. The van der Waals surface area contributed by atoms with Crippen LogP contribution in [0.3, 0.4) is 0 Å². The van der Waals surface area contributed by atoms with Gasteiger partial charge in [0.25, 0.3) is 0 Å². The van der Waals surface area contributed by atoms with Crippen LogP contribution < -0.4 is 5.32 Å². The second kappa shape index (κ2) is 7.04. The summed E-state index contributed by atoms with van der Waals surface area (Å²) in [5.41, 5.74) is 2.62. The molecular weight excluding hydrogens is 326 g/mol. The van der Waals surface area contributed by atoms with Gasteiger partial charge in [-0.15, -0.1) is 0 Å². The van der Waals surface area contributed by atoms with E-state index < -0.39 is 11.5 Å². The van der Waals surface area contributed by atoms with Gasteiger partial charge in [-0.3, -0.25) is 9.59 Å². The number of benzene rings is 2. The Bertz CT molecular complexity index is 827. The standard InChI is InChI=1S/C22H25NO3/c1-14-9-10-18(15(2)11-14)23-21(25)20-17(16-7-5-4-6-8-16)12-22(3,26)13-19(20)24/h4-11,17,20,26H,12-13H2,1-3H3,(H,23,25). The predicted octanol–water partition coefficient (Wildman–Crippen LogP) is 3.76. The number of carbonyl (C=O) groups excluding carboxylic acids is 2. The van der Waals surface area contributed by atoms with Crippen LogP contribution in [0, 0.1) is 19.8 Å². The van der Waals surface area contributed by atoms with Gasteiger partial charge in [0.1, 0.15) is 11.7 Å². The van der Waals surface area contributed by atoms with Crippen LogP contribution in [0.15, 0.2) is 48.5 Å². The lowest BCUT2D eigenvalue weighted by Crippen LogP contribution is -2.46. The Balaban J connectivity index is 1.91. The molecule has 0 radical (unpaired) electrons. The first-order valence-corrected chi connectivity index (χ1v) is 8.95. The largest absolute Gasteiger partial charge is 0.390 e. The summed E-state index contributed by atoms with van der Waals surface area (Å²) >= 11 is 0. The number of aryl methyl sites for hydroxylation is 2. The fourth-order valence-corrected chi connectivity index (χ4v) is 3.88. The number of aliphatic hydroxyl groups is 1. The Morgan fingerprint density at radius 2 is 1.85 bits per heavy atom. The van der Waals surface area contributed by atoms with Crippen molar-refractivity contribution in [2.24, 2.45) is 5.92 Å². The predicted molar refractivity (Wildman–Crippen MR) is 102 cm³/mol. The first-order chi connectivity index (χ1) is 12.3. The molecule has 2 aromatic carbocycles. The van der Waals surface area contributed by atoms with Crippen LogP contribution in [-0.4, -0.2) is 22.4 Å². The number of Topliss-reactive ketones (excluding diaryl/α,β-unsaturated/α-hetero) is 1. The van der Waals surface area contributed by atoms with E-state index in [1.807, 2.05) is 62.4 Å². The second-order valence-corrected chi connectivity index (χ2v) is 7.65. The highest BCUT2D eigenvalue weighted by atomic mass is 16.3. The molecule has 1 aliphatic rings. The van der Waals surface area contributed by atoms with Crippen LogP contribution in [0.1, 0.15) is 42.4 Å². The number of ketones is 1. The highest BCUT2D eigenvalue weighted by molar-refractivity contribution is 6.09. The van der Waals surface area contributed by atoms with Gasteiger partial charge in [-0.2, -0.15) is 0 Å². The van der Waals surface area contributed by atoms with Crippen molar-refractivity contribution in [1.29, 1.82) is 0 Å². The number of rotatable bonds is 3. The van der Waals surface area contributed by atoms with Crippen LogP contribution in [-0.2, 0) is 9.59 Å². The monoisotopic (exact) mass is 351 g/mol. The quantitative estimate of drug-likeness (QED) is 0.828. The third-order valence-electron chi connectivity index (χ3n) is 5.11. The number of nitrogens with one attached hydrogen (secondary N) is 1. The van der Waals surface area contributed by atoms with Gasteiger partial charge in [-0.05, 0) is 44.4 Å². The normalized spacial score (nSPS) is 25.8. The number of hydrogen-bond acceptors (Lipinski definition) is 3. The molecule has 1 amide bonds. The summed E-state index contributed by atoms with van der Waals surface area (Å²) in [6.45, 7) is 5.60. The highest BCUT2D eigenvalue weighted by Gasteiger charge is 2.46. The van der Waals surface area contributed by atoms with E-state index in [-0.39, 0.29) is 24.0 Å². The van der Waals surface area contributed by atoms with E-state index in [1.165, 1.54) is 0 Å². The molecule has 0 spiro atoms. The average Bonchev–Trinajstić information content (AvgIpc) is 2.56. The maximum absolute atomic E-state index is 13.0. The molecule has 3 rings (SSSR count). The highest BCUT2D eigenvalue weighted by Crippen LogP contribution is 2.41. The van der Waals surface area contributed by atoms with Crippen molar-refractivity contribution in [2.45, 2.75) is 45.1 Å². The molecule has 2 aromatic rings. The molecule has 1 fully saturated rings. The molecule has 1 aliphatic carbocycles. The van der Waals surface area contributed by atoms with Crippen LogP contribution in [0.4, 0.5) is 5.69 Å². The van der Waals surface area contributed by atoms with Gasteiger partial charge in [0.15, 0.2) is 0 Å². The molecule has 4 nitrogen and oxygen atoms in total. The van der Waals surface area contributed by atoms with E-state index in [1.54, 1.807) is 6.92 Å². The first-order valence-electron chi connectivity index (χ1n) is 8.95. The van der Waals surface area contributed by atoms with Crippen LogP contribution in [0.25, 0.3) is 0 Å². The zero-order valence-electron chi connectivity index (χ0n) is 15.5. The maximum Gasteiger partial charge on any atom is 0.235 e. The molecule has 26 heavy (non-hydrogen) atoms. The second-order valence-electron chi connectivity index (χ2n) is 7.65. The number of hydrogen-bond donors (Lipinski definition) is 2. The summed E-state index contributed by atoms with van der Waals surface area (Å²) in [5, 5.41) is 13.4. The molecular formula is C22H25NO3. The fraction of sp³-hybridized carbons (Fsp3) is 0.364.